The van der Waals surface area contributed by atoms with E-state index in [1.807, 2.05) is 0 Å². The number of carbonyl (C=O) groups excluding carboxylic acids is 2. The number of hydrogen-bond acceptors (Lipinski definition) is 7. The standard InChI is InChI=1S/C22H23FN2O7S/c1-4-32-21(26)19-16(12-33(28,29)15-8-6-14(23)7-9-15)24-22(27)25-20(19)13-5-10-17(30-2)18(11-13)31-3/h5-11,20H,4,12H2,1-3H3,(H2,24,25,27)/t20-/m0/s1. The second-order valence-electron chi connectivity index (χ2n) is 6.97. The van der Waals surface area contributed by atoms with Crippen LogP contribution in [0.2, 0.25) is 0 Å². The third-order valence-corrected chi connectivity index (χ3v) is 6.56. The van der Waals surface area contributed by atoms with E-state index < -0.39 is 39.4 Å². The third kappa shape index (κ3) is 5.25. The summed E-state index contributed by atoms with van der Waals surface area (Å²) in [5, 5.41) is 5.04. The number of rotatable bonds is 8. The number of amides is 2. The van der Waals surface area contributed by atoms with E-state index in [0.717, 1.165) is 24.3 Å². The Morgan fingerprint density at radius 3 is 2.33 bits per heavy atom. The Balaban J connectivity index is 2.12. The Kier molecular flexibility index (Phi) is 7.22. The molecule has 0 aliphatic carbocycles. The molecule has 1 atom stereocenters. The molecule has 176 valence electrons. The smallest absolute Gasteiger partial charge is 0.338 e. The van der Waals surface area contributed by atoms with Gasteiger partial charge < -0.3 is 24.8 Å². The Hall–Kier alpha value is -3.60. The maximum atomic E-state index is 13.2. The zero-order valence-corrected chi connectivity index (χ0v) is 19.0. The quantitative estimate of drug-likeness (QED) is 0.442. The maximum Gasteiger partial charge on any atom is 0.338 e. The molecular formula is C22H23FN2O7S. The van der Waals surface area contributed by atoms with Crippen molar-refractivity contribution in [3.63, 3.8) is 0 Å². The summed E-state index contributed by atoms with van der Waals surface area (Å²) in [6.45, 7) is 1.64. The van der Waals surface area contributed by atoms with Gasteiger partial charge in [-0.3, -0.25) is 0 Å². The van der Waals surface area contributed by atoms with E-state index in [-0.39, 0.29) is 22.8 Å². The lowest BCUT2D eigenvalue weighted by atomic mass is 9.95. The van der Waals surface area contributed by atoms with Gasteiger partial charge in [-0.15, -0.1) is 0 Å². The van der Waals surface area contributed by atoms with Gasteiger partial charge in [0.2, 0.25) is 0 Å². The van der Waals surface area contributed by atoms with Crippen LogP contribution >= 0.6 is 0 Å². The van der Waals surface area contributed by atoms with E-state index in [1.54, 1.807) is 25.1 Å². The molecule has 11 heteroatoms. The van der Waals surface area contributed by atoms with Crippen LogP contribution in [0.4, 0.5) is 9.18 Å². The Morgan fingerprint density at radius 1 is 1.06 bits per heavy atom. The van der Waals surface area contributed by atoms with Crippen molar-refractivity contribution in [2.75, 3.05) is 26.6 Å². The number of carbonyl (C=O) groups is 2. The maximum absolute atomic E-state index is 13.2. The van der Waals surface area contributed by atoms with Crippen LogP contribution in [-0.2, 0) is 19.4 Å². The van der Waals surface area contributed by atoms with Gasteiger partial charge in [0.25, 0.3) is 0 Å². The van der Waals surface area contributed by atoms with Crippen molar-refractivity contribution in [2.24, 2.45) is 0 Å². The van der Waals surface area contributed by atoms with E-state index >= 15 is 0 Å². The summed E-state index contributed by atoms with van der Waals surface area (Å²) in [7, 11) is -1.13. The number of hydrogen-bond donors (Lipinski definition) is 2. The van der Waals surface area contributed by atoms with Crippen molar-refractivity contribution < 1.29 is 36.6 Å². The fourth-order valence-corrected chi connectivity index (χ4v) is 4.70. The van der Waals surface area contributed by atoms with Crippen LogP contribution in [0.25, 0.3) is 0 Å². The van der Waals surface area contributed by atoms with Crippen molar-refractivity contribution in [3.05, 3.63) is 65.1 Å². The van der Waals surface area contributed by atoms with E-state index in [2.05, 4.69) is 10.6 Å². The number of ether oxygens (including phenoxy) is 3. The Labute approximate surface area is 190 Å². The van der Waals surface area contributed by atoms with Crippen molar-refractivity contribution in [1.29, 1.82) is 0 Å². The zero-order valence-electron chi connectivity index (χ0n) is 18.2. The van der Waals surface area contributed by atoms with Crippen LogP contribution in [0.1, 0.15) is 18.5 Å². The van der Waals surface area contributed by atoms with E-state index in [9.17, 15) is 22.4 Å². The number of methoxy groups -OCH3 is 2. The van der Waals surface area contributed by atoms with Gasteiger partial charge in [0.1, 0.15) is 5.82 Å². The number of urea groups is 1. The molecule has 3 rings (SSSR count). The Bertz CT molecular complexity index is 1190. The minimum Gasteiger partial charge on any atom is -0.493 e. The SMILES string of the molecule is CCOC(=O)C1=C(CS(=O)(=O)c2ccc(F)cc2)NC(=O)N[C@H]1c1ccc(OC)c(OC)c1. The molecule has 0 aromatic heterocycles. The molecule has 0 spiro atoms. The van der Waals surface area contributed by atoms with Gasteiger partial charge in [0, 0.05) is 5.70 Å². The first kappa shape index (κ1) is 24.1. The molecule has 2 N–H and O–H groups in total. The number of benzene rings is 2. The van der Waals surface area contributed by atoms with Gasteiger partial charge in [-0.25, -0.2) is 22.4 Å². The molecule has 0 fully saturated rings. The monoisotopic (exact) mass is 478 g/mol. The lowest BCUT2D eigenvalue weighted by molar-refractivity contribution is -0.139. The first-order valence-electron chi connectivity index (χ1n) is 9.88. The molecule has 9 nitrogen and oxygen atoms in total. The van der Waals surface area contributed by atoms with Gasteiger partial charge in [0.05, 0.1) is 43.1 Å². The average Bonchev–Trinajstić information content (AvgIpc) is 2.78. The fourth-order valence-electron chi connectivity index (χ4n) is 3.38. The number of halogens is 1. The Morgan fingerprint density at radius 2 is 1.73 bits per heavy atom. The second-order valence-corrected chi connectivity index (χ2v) is 8.96. The van der Waals surface area contributed by atoms with Crippen LogP contribution in [-0.4, -0.2) is 47.0 Å². The largest absolute Gasteiger partial charge is 0.493 e. The molecule has 2 aromatic carbocycles. The zero-order chi connectivity index (χ0) is 24.2. The summed E-state index contributed by atoms with van der Waals surface area (Å²) in [5.41, 5.74) is 0.234. The van der Waals surface area contributed by atoms with Crippen LogP contribution < -0.4 is 20.1 Å². The number of sulfone groups is 1. The first-order chi connectivity index (χ1) is 15.7. The summed E-state index contributed by atoms with van der Waals surface area (Å²) >= 11 is 0. The van der Waals surface area contributed by atoms with Gasteiger partial charge in [-0.2, -0.15) is 0 Å². The minimum absolute atomic E-state index is 0.0346. The molecule has 1 aliphatic rings. The predicted molar refractivity (Wildman–Crippen MR) is 116 cm³/mol. The molecule has 2 amide bonds. The highest BCUT2D eigenvalue weighted by Gasteiger charge is 2.36. The lowest BCUT2D eigenvalue weighted by Crippen LogP contribution is -2.47. The summed E-state index contributed by atoms with van der Waals surface area (Å²) in [6, 6.07) is 7.32. The molecule has 0 radical (unpaired) electrons. The van der Waals surface area contributed by atoms with Crippen LogP contribution in [0.5, 0.6) is 11.5 Å². The van der Waals surface area contributed by atoms with Gasteiger partial charge in [-0.05, 0) is 48.9 Å². The highest BCUT2D eigenvalue weighted by molar-refractivity contribution is 7.91. The molecule has 2 aromatic rings. The van der Waals surface area contributed by atoms with Crippen molar-refractivity contribution in [2.45, 2.75) is 17.9 Å². The molecule has 33 heavy (non-hydrogen) atoms. The third-order valence-electron chi connectivity index (χ3n) is 4.90. The van der Waals surface area contributed by atoms with Crippen LogP contribution in [0.15, 0.2) is 58.6 Å². The summed E-state index contributed by atoms with van der Waals surface area (Å²) in [4.78, 5) is 25.1. The lowest BCUT2D eigenvalue weighted by Gasteiger charge is -2.29. The van der Waals surface area contributed by atoms with Crippen molar-refractivity contribution in [1.82, 2.24) is 10.6 Å². The van der Waals surface area contributed by atoms with E-state index in [0.29, 0.717) is 17.1 Å². The number of esters is 1. The van der Waals surface area contributed by atoms with E-state index in [4.69, 9.17) is 14.2 Å². The highest BCUT2D eigenvalue weighted by atomic mass is 32.2. The molecule has 0 saturated heterocycles. The summed E-state index contributed by atoms with van der Waals surface area (Å²) in [6.07, 6.45) is 0. The van der Waals surface area contributed by atoms with Crippen LogP contribution in [0.3, 0.4) is 0 Å². The topological polar surface area (TPSA) is 120 Å². The predicted octanol–water partition coefficient (Wildman–Crippen LogP) is 2.49. The second kappa shape index (κ2) is 9.90. The molecule has 0 unspecified atom stereocenters. The molecular weight excluding hydrogens is 455 g/mol. The first-order valence-corrected chi connectivity index (χ1v) is 11.5. The highest BCUT2D eigenvalue weighted by Crippen LogP contribution is 2.35. The van der Waals surface area contributed by atoms with Gasteiger partial charge >= 0.3 is 12.0 Å². The number of nitrogens with one attached hydrogen (secondary N) is 2. The molecule has 1 aliphatic heterocycles. The van der Waals surface area contributed by atoms with Crippen molar-refractivity contribution in [3.8, 4) is 11.5 Å². The van der Waals surface area contributed by atoms with Gasteiger partial charge in [-0.1, -0.05) is 6.07 Å². The van der Waals surface area contributed by atoms with E-state index in [1.165, 1.54) is 14.2 Å². The van der Waals surface area contributed by atoms with Gasteiger partial charge in [0.15, 0.2) is 21.3 Å². The van der Waals surface area contributed by atoms with Crippen LogP contribution in [0, 0.1) is 5.82 Å². The minimum atomic E-state index is -4.03. The summed E-state index contributed by atoms with van der Waals surface area (Å²) < 4.78 is 54.8. The molecule has 1 heterocycles. The molecule has 0 saturated carbocycles. The normalized spacial score (nSPS) is 16.0. The fraction of sp³-hybridized carbons (Fsp3) is 0.273. The average molecular weight is 478 g/mol. The van der Waals surface area contributed by atoms with Crippen molar-refractivity contribution >= 4 is 21.8 Å². The molecule has 0 bridgehead atoms. The summed E-state index contributed by atoms with van der Waals surface area (Å²) in [5.74, 6) is -1.31.